The van der Waals surface area contributed by atoms with Gasteiger partial charge < -0.3 is 10.5 Å². The Morgan fingerprint density at radius 1 is 1.38 bits per heavy atom. The molecule has 0 atom stereocenters. The summed E-state index contributed by atoms with van der Waals surface area (Å²) in [5, 5.41) is 3.57. The molecule has 0 heterocycles. The molecular formula is C10H11N3O3. The molecule has 6 heteroatoms. The molecule has 1 rings (SSSR count). The van der Waals surface area contributed by atoms with E-state index < -0.39 is 12.0 Å². The summed E-state index contributed by atoms with van der Waals surface area (Å²) in [4.78, 5) is 21.4. The molecule has 0 radical (unpaired) electrons. The van der Waals surface area contributed by atoms with Gasteiger partial charge in [-0.05, 0) is 17.7 Å². The summed E-state index contributed by atoms with van der Waals surface area (Å²) < 4.78 is 4.54. The fraction of sp³-hybridized carbons (Fsp3) is 0.100. The zero-order chi connectivity index (χ0) is 12.0. The van der Waals surface area contributed by atoms with E-state index in [9.17, 15) is 9.59 Å². The number of nitrogens with one attached hydrogen (secondary N) is 1. The number of carbonyl (C=O) groups is 2. The van der Waals surface area contributed by atoms with Crippen LogP contribution in [0.15, 0.2) is 29.4 Å². The van der Waals surface area contributed by atoms with Crippen LogP contribution in [0.25, 0.3) is 0 Å². The van der Waals surface area contributed by atoms with E-state index in [1.807, 2.05) is 0 Å². The summed E-state index contributed by atoms with van der Waals surface area (Å²) in [6.07, 6.45) is 1.41. The van der Waals surface area contributed by atoms with E-state index >= 15 is 0 Å². The third kappa shape index (κ3) is 3.41. The number of esters is 1. The Bertz CT molecular complexity index is 412. The summed E-state index contributed by atoms with van der Waals surface area (Å²) in [6, 6.07) is 5.79. The van der Waals surface area contributed by atoms with Gasteiger partial charge in [0.25, 0.3) is 0 Å². The van der Waals surface area contributed by atoms with Crippen LogP contribution in [0.4, 0.5) is 4.79 Å². The lowest BCUT2D eigenvalue weighted by Crippen LogP contribution is -2.24. The Kier molecular flexibility index (Phi) is 4.02. The van der Waals surface area contributed by atoms with Crippen molar-refractivity contribution >= 4 is 18.2 Å². The third-order valence-corrected chi connectivity index (χ3v) is 1.72. The second-order valence-corrected chi connectivity index (χ2v) is 2.85. The number of methoxy groups -OCH3 is 1. The lowest BCUT2D eigenvalue weighted by Gasteiger charge is -1.98. The molecule has 84 valence electrons. The molecule has 1 aromatic carbocycles. The Labute approximate surface area is 92.1 Å². The van der Waals surface area contributed by atoms with Gasteiger partial charge in [-0.25, -0.2) is 15.0 Å². The second kappa shape index (κ2) is 5.50. The highest BCUT2D eigenvalue weighted by atomic mass is 16.5. The first-order valence-corrected chi connectivity index (χ1v) is 4.40. The summed E-state index contributed by atoms with van der Waals surface area (Å²) in [5.74, 6) is -0.404. The van der Waals surface area contributed by atoms with E-state index in [0.29, 0.717) is 5.56 Å². The van der Waals surface area contributed by atoms with Crippen molar-refractivity contribution in [3.05, 3.63) is 35.4 Å². The first-order valence-electron chi connectivity index (χ1n) is 4.40. The molecule has 6 nitrogen and oxygen atoms in total. The van der Waals surface area contributed by atoms with Gasteiger partial charge >= 0.3 is 12.0 Å². The fourth-order valence-corrected chi connectivity index (χ4v) is 0.994. The molecule has 3 N–H and O–H groups in total. The normalized spacial score (nSPS) is 10.1. The highest BCUT2D eigenvalue weighted by molar-refractivity contribution is 5.90. The molecule has 0 unspecified atom stereocenters. The van der Waals surface area contributed by atoms with Crippen molar-refractivity contribution in [1.82, 2.24) is 5.43 Å². The smallest absolute Gasteiger partial charge is 0.337 e. The van der Waals surface area contributed by atoms with E-state index in [4.69, 9.17) is 5.73 Å². The van der Waals surface area contributed by atoms with E-state index in [0.717, 1.165) is 5.56 Å². The number of benzene rings is 1. The minimum atomic E-state index is -0.734. The largest absolute Gasteiger partial charge is 0.465 e. The molecule has 0 aliphatic heterocycles. The maximum Gasteiger partial charge on any atom is 0.337 e. The summed E-state index contributed by atoms with van der Waals surface area (Å²) in [6.45, 7) is 0. The zero-order valence-electron chi connectivity index (χ0n) is 8.64. The number of ether oxygens (including phenoxy) is 1. The average molecular weight is 221 g/mol. The number of nitrogens with zero attached hydrogens (tertiary/aromatic N) is 1. The quantitative estimate of drug-likeness (QED) is 0.441. The second-order valence-electron chi connectivity index (χ2n) is 2.85. The van der Waals surface area contributed by atoms with E-state index in [2.05, 4.69) is 15.3 Å². The molecule has 0 aliphatic rings. The molecule has 0 fully saturated rings. The van der Waals surface area contributed by atoms with Gasteiger partial charge in [0, 0.05) is 0 Å². The average Bonchev–Trinajstić information content (AvgIpc) is 2.28. The molecule has 2 amide bonds. The summed E-state index contributed by atoms with van der Waals surface area (Å²) >= 11 is 0. The maximum atomic E-state index is 11.1. The number of hydrogen-bond acceptors (Lipinski definition) is 4. The summed E-state index contributed by atoms with van der Waals surface area (Å²) in [7, 11) is 1.31. The predicted molar refractivity (Wildman–Crippen MR) is 58.1 cm³/mol. The Hall–Kier alpha value is -2.37. The molecule has 0 aromatic heterocycles. The van der Waals surface area contributed by atoms with Crippen LogP contribution in [0.5, 0.6) is 0 Å². The van der Waals surface area contributed by atoms with Crippen LogP contribution in [-0.2, 0) is 4.74 Å². The van der Waals surface area contributed by atoms with Crippen LogP contribution >= 0.6 is 0 Å². The van der Waals surface area contributed by atoms with Crippen molar-refractivity contribution < 1.29 is 14.3 Å². The van der Waals surface area contributed by atoms with Crippen molar-refractivity contribution in [2.24, 2.45) is 10.8 Å². The minimum absolute atomic E-state index is 0.404. The van der Waals surface area contributed by atoms with Crippen molar-refractivity contribution in [1.29, 1.82) is 0 Å². The SMILES string of the molecule is COC(=O)c1ccc(/C=N\NC(N)=O)cc1. The van der Waals surface area contributed by atoms with Crippen LogP contribution in [0.1, 0.15) is 15.9 Å². The van der Waals surface area contributed by atoms with Gasteiger partial charge in [0.2, 0.25) is 0 Å². The van der Waals surface area contributed by atoms with Crippen LogP contribution in [-0.4, -0.2) is 25.3 Å². The van der Waals surface area contributed by atoms with Gasteiger partial charge in [-0.15, -0.1) is 0 Å². The van der Waals surface area contributed by atoms with Gasteiger partial charge in [-0.3, -0.25) is 0 Å². The topological polar surface area (TPSA) is 93.8 Å². The lowest BCUT2D eigenvalue weighted by molar-refractivity contribution is 0.0600. The fourth-order valence-electron chi connectivity index (χ4n) is 0.994. The van der Waals surface area contributed by atoms with E-state index in [1.54, 1.807) is 24.3 Å². The number of urea groups is 1. The number of hydrazone groups is 1. The predicted octanol–water partition coefficient (Wildman–Crippen LogP) is 0.475. The molecule has 0 aliphatic carbocycles. The summed E-state index contributed by atoms with van der Waals surface area (Å²) in [5.41, 5.74) is 8.04. The van der Waals surface area contributed by atoms with Gasteiger partial charge in [-0.1, -0.05) is 12.1 Å². The number of hydrogen-bond donors (Lipinski definition) is 2. The molecule has 0 bridgehead atoms. The molecule has 16 heavy (non-hydrogen) atoms. The highest BCUT2D eigenvalue weighted by Gasteiger charge is 2.03. The number of primary amides is 1. The molecule has 0 saturated carbocycles. The first-order chi connectivity index (χ1) is 7.63. The standard InChI is InChI=1S/C10H11N3O3/c1-16-9(14)8-4-2-7(3-5-8)6-12-13-10(11)15/h2-6H,1H3,(H3,11,13,15)/b12-6-. The van der Waals surface area contributed by atoms with E-state index in [1.165, 1.54) is 13.3 Å². The van der Waals surface area contributed by atoms with Crippen LogP contribution < -0.4 is 11.2 Å². The first kappa shape index (κ1) is 11.7. The molecule has 0 saturated heterocycles. The van der Waals surface area contributed by atoms with Crippen molar-refractivity contribution in [2.45, 2.75) is 0 Å². The van der Waals surface area contributed by atoms with Crippen LogP contribution in [0.3, 0.4) is 0 Å². The van der Waals surface area contributed by atoms with Crippen LogP contribution in [0.2, 0.25) is 0 Å². The van der Waals surface area contributed by atoms with Crippen LogP contribution in [0, 0.1) is 0 Å². The van der Waals surface area contributed by atoms with Gasteiger partial charge in [0.1, 0.15) is 0 Å². The van der Waals surface area contributed by atoms with Gasteiger partial charge in [0.15, 0.2) is 0 Å². The maximum absolute atomic E-state index is 11.1. The minimum Gasteiger partial charge on any atom is -0.465 e. The van der Waals surface area contributed by atoms with Gasteiger partial charge in [0.05, 0.1) is 18.9 Å². The molecule has 1 aromatic rings. The number of carbonyl (C=O) groups excluding carboxylic acids is 2. The van der Waals surface area contributed by atoms with Crippen molar-refractivity contribution in [2.75, 3.05) is 7.11 Å². The highest BCUT2D eigenvalue weighted by Crippen LogP contribution is 2.03. The Balaban J connectivity index is 2.68. The van der Waals surface area contributed by atoms with Crippen molar-refractivity contribution in [3.63, 3.8) is 0 Å². The monoisotopic (exact) mass is 221 g/mol. The Morgan fingerprint density at radius 2 is 2.00 bits per heavy atom. The van der Waals surface area contributed by atoms with Crippen molar-refractivity contribution in [3.8, 4) is 0 Å². The number of amides is 2. The lowest BCUT2D eigenvalue weighted by atomic mass is 10.1. The zero-order valence-corrected chi connectivity index (χ0v) is 8.64. The molecular weight excluding hydrogens is 210 g/mol. The van der Waals surface area contributed by atoms with Gasteiger partial charge in [-0.2, -0.15) is 5.10 Å². The number of nitrogens with two attached hydrogens (primary N) is 1. The Morgan fingerprint density at radius 3 is 2.50 bits per heavy atom. The number of rotatable bonds is 3. The molecule has 0 spiro atoms. The van der Waals surface area contributed by atoms with E-state index in [-0.39, 0.29) is 0 Å². The third-order valence-electron chi connectivity index (χ3n) is 1.72.